The average Bonchev–Trinajstić information content (AvgIpc) is 3.15. The van der Waals surface area contributed by atoms with E-state index in [0.717, 1.165) is 26.2 Å². The highest BCUT2D eigenvalue weighted by atomic mass is 15.3. The van der Waals surface area contributed by atoms with E-state index in [0.29, 0.717) is 6.04 Å². The van der Waals surface area contributed by atoms with E-state index in [2.05, 4.69) is 36.9 Å². The largest absolute Gasteiger partial charge is 0.297 e. The Hall–Kier alpha value is -1.62. The van der Waals surface area contributed by atoms with Crippen LogP contribution in [0.25, 0.3) is 0 Å². The molecular weight excluding hydrogens is 238 g/mol. The molecule has 0 aliphatic carbocycles. The highest BCUT2D eigenvalue weighted by Crippen LogP contribution is 2.25. The summed E-state index contributed by atoms with van der Waals surface area (Å²) in [6.07, 6.45) is 9.66. The van der Waals surface area contributed by atoms with Gasteiger partial charge in [0.15, 0.2) is 0 Å². The fraction of sp³-hybridized carbons (Fsp3) is 0.571. The molecule has 4 heterocycles. The summed E-state index contributed by atoms with van der Waals surface area (Å²) >= 11 is 0. The second-order valence-electron chi connectivity index (χ2n) is 5.61. The number of hydrogen-bond donors (Lipinski definition) is 0. The SMILES string of the molecule is c1cnn(C2CCN(Cc3cnn4c3CCC4)C2)c1. The van der Waals surface area contributed by atoms with Gasteiger partial charge in [0, 0.05) is 49.8 Å². The zero-order chi connectivity index (χ0) is 12.7. The fourth-order valence-corrected chi connectivity index (χ4v) is 3.37. The molecule has 0 aromatic carbocycles. The number of hydrogen-bond acceptors (Lipinski definition) is 3. The second-order valence-corrected chi connectivity index (χ2v) is 5.61. The van der Waals surface area contributed by atoms with Crippen molar-refractivity contribution in [2.75, 3.05) is 13.1 Å². The third-order valence-corrected chi connectivity index (χ3v) is 4.36. The predicted octanol–water partition coefficient (Wildman–Crippen LogP) is 1.47. The van der Waals surface area contributed by atoms with E-state index in [1.54, 1.807) is 0 Å². The molecule has 0 amide bonds. The molecule has 1 saturated heterocycles. The Morgan fingerprint density at radius 3 is 3.16 bits per heavy atom. The monoisotopic (exact) mass is 257 g/mol. The lowest BCUT2D eigenvalue weighted by Crippen LogP contribution is -2.21. The topological polar surface area (TPSA) is 38.9 Å². The lowest BCUT2D eigenvalue weighted by atomic mass is 10.2. The zero-order valence-electron chi connectivity index (χ0n) is 11.1. The van der Waals surface area contributed by atoms with E-state index >= 15 is 0 Å². The van der Waals surface area contributed by atoms with Gasteiger partial charge >= 0.3 is 0 Å². The number of aryl methyl sites for hydroxylation is 1. The first kappa shape index (κ1) is 11.2. The van der Waals surface area contributed by atoms with Gasteiger partial charge in [-0.3, -0.25) is 14.3 Å². The lowest BCUT2D eigenvalue weighted by Gasteiger charge is -2.16. The second kappa shape index (κ2) is 4.49. The molecule has 2 aromatic heterocycles. The molecule has 0 N–H and O–H groups in total. The minimum Gasteiger partial charge on any atom is -0.297 e. The molecule has 4 rings (SSSR count). The first-order valence-electron chi connectivity index (χ1n) is 7.15. The number of nitrogens with zero attached hydrogens (tertiary/aromatic N) is 5. The van der Waals surface area contributed by atoms with Crippen molar-refractivity contribution in [3.63, 3.8) is 0 Å². The van der Waals surface area contributed by atoms with Gasteiger partial charge in [-0.1, -0.05) is 0 Å². The summed E-state index contributed by atoms with van der Waals surface area (Å²) in [7, 11) is 0. The van der Waals surface area contributed by atoms with Gasteiger partial charge in [-0.25, -0.2) is 0 Å². The van der Waals surface area contributed by atoms with E-state index < -0.39 is 0 Å². The molecule has 5 heteroatoms. The third-order valence-electron chi connectivity index (χ3n) is 4.36. The maximum absolute atomic E-state index is 4.48. The van der Waals surface area contributed by atoms with Crippen molar-refractivity contribution in [1.82, 2.24) is 24.5 Å². The Kier molecular flexibility index (Phi) is 2.65. The van der Waals surface area contributed by atoms with Crippen molar-refractivity contribution in [3.05, 3.63) is 35.9 Å². The van der Waals surface area contributed by atoms with E-state index in [4.69, 9.17) is 0 Å². The Balaban J connectivity index is 1.44. The predicted molar refractivity (Wildman–Crippen MR) is 71.7 cm³/mol. The normalized spacial score (nSPS) is 23.1. The number of fused-ring (bicyclic) bond motifs is 1. The quantitative estimate of drug-likeness (QED) is 0.836. The molecule has 1 atom stereocenters. The molecule has 5 nitrogen and oxygen atoms in total. The van der Waals surface area contributed by atoms with Crippen molar-refractivity contribution in [1.29, 1.82) is 0 Å². The van der Waals surface area contributed by atoms with Crippen molar-refractivity contribution in [2.45, 2.75) is 38.4 Å². The Bertz CT molecular complexity index is 556. The van der Waals surface area contributed by atoms with Gasteiger partial charge in [0.1, 0.15) is 0 Å². The molecule has 19 heavy (non-hydrogen) atoms. The van der Waals surface area contributed by atoms with Crippen LogP contribution in [0, 0.1) is 0 Å². The van der Waals surface area contributed by atoms with E-state index in [-0.39, 0.29) is 0 Å². The van der Waals surface area contributed by atoms with Gasteiger partial charge in [0.05, 0.1) is 12.2 Å². The average molecular weight is 257 g/mol. The Morgan fingerprint density at radius 2 is 2.26 bits per heavy atom. The molecule has 2 aliphatic heterocycles. The lowest BCUT2D eigenvalue weighted by molar-refractivity contribution is 0.311. The summed E-state index contributed by atoms with van der Waals surface area (Å²) in [5.74, 6) is 0. The van der Waals surface area contributed by atoms with Crippen molar-refractivity contribution in [3.8, 4) is 0 Å². The van der Waals surface area contributed by atoms with Crippen LogP contribution in [-0.4, -0.2) is 37.6 Å². The van der Waals surface area contributed by atoms with Crippen LogP contribution in [0.5, 0.6) is 0 Å². The fourth-order valence-electron chi connectivity index (χ4n) is 3.37. The number of rotatable bonds is 3. The highest BCUT2D eigenvalue weighted by molar-refractivity contribution is 5.20. The minimum atomic E-state index is 0.540. The standard InChI is InChI=1S/C14H19N5/c1-3-14-12(9-16-19(14)6-1)10-17-8-4-13(11-17)18-7-2-5-15-18/h2,5,7,9,13H,1,3-4,6,8,10-11H2. The summed E-state index contributed by atoms with van der Waals surface area (Å²) in [5, 5.41) is 8.84. The summed E-state index contributed by atoms with van der Waals surface area (Å²) in [6.45, 7) is 4.42. The molecule has 1 fully saturated rings. The maximum Gasteiger partial charge on any atom is 0.0658 e. The first-order chi connectivity index (χ1) is 9.40. The van der Waals surface area contributed by atoms with Crippen LogP contribution >= 0.6 is 0 Å². The van der Waals surface area contributed by atoms with Crippen LogP contribution in [0.2, 0.25) is 0 Å². The molecule has 0 radical (unpaired) electrons. The zero-order valence-corrected chi connectivity index (χ0v) is 11.1. The van der Waals surface area contributed by atoms with Crippen LogP contribution < -0.4 is 0 Å². The van der Waals surface area contributed by atoms with Gasteiger partial charge < -0.3 is 0 Å². The smallest absolute Gasteiger partial charge is 0.0658 e. The molecule has 2 aromatic rings. The minimum absolute atomic E-state index is 0.540. The van der Waals surface area contributed by atoms with Gasteiger partial charge in [0.25, 0.3) is 0 Å². The Morgan fingerprint density at radius 1 is 1.26 bits per heavy atom. The van der Waals surface area contributed by atoms with Crippen molar-refractivity contribution < 1.29 is 0 Å². The molecule has 0 spiro atoms. The van der Waals surface area contributed by atoms with Crippen molar-refractivity contribution >= 4 is 0 Å². The van der Waals surface area contributed by atoms with Crippen LogP contribution in [0.15, 0.2) is 24.7 Å². The van der Waals surface area contributed by atoms with E-state index in [1.165, 1.54) is 30.5 Å². The van der Waals surface area contributed by atoms with Crippen LogP contribution in [0.3, 0.4) is 0 Å². The van der Waals surface area contributed by atoms with Crippen LogP contribution in [-0.2, 0) is 19.5 Å². The molecule has 1 unspecified atom stereocenters. The molecular formula is C14H19N5. The highest BCUT2D eigenvalue weighted by Gasteiger charge is 2.26. The van der Waals surface area contributed by atoms with Gasteiger partial charge in [-0.15, -0.1) is 0 Å². The van der Waals surface area contributed by atoms with E-state index in [9.17, 15) is 0 Å². The Labute approximate surface area is 112 Å². The first-order valence-corrected chi connectivity index (χ1v) is 7.15. The van der Waals surface area contributed by atoms with Gasteiger partial charge in [0.2, 0.25) is 0 Å². The van der Waals surface area contributed by atoms with Crippen molar-refractivity contribution in [2.24, 2.45) is 0 Å². The number of aromatic nitrogens is 4. The maximum atomic E-state index is 4.48. The molecule has 100 valence electrons. The summed E-state index contributed by atoms with van der Waals surface area (Å²) in [5.41, 5.74) is 2.89. The summed E-state index contributed by atoms with van der Waals surface area (Å²) < 4.78 is 4.28. The summed E-state index contributed by atoms with van der Waals surface area (Å²) in [4.78, 5) is 2.53. The molecule has 0 bridgehead atoms. The summed E-state index contributed by atoms with van der Waals surface area (Å²) in [6, 6.07) is 2.55. The van der Waals surface area contributed by atoms with Gasteiger partial charge in [-0.05, 0) is 25.3 Å². The van der Waals surface area contributed by atoms with Crippen LogP contribution in [0.1, 0.15) is 30.1 Å². The molecule has 0 saturated carbocycles. The van der Waals surface area contributed by atoms with Gasteiger partial charge in [-0.2, -0.15) is 10.2 Å². The molecule has 2 aliphatic rings. The van der Waals surface area contributed by atoms with Crippen LogP contribution in [0.4, 0.5) is 0 Å². The number of likely N-dealkylation sites (tertiary alicyclic amines) is 1. The third kappa shape index (κ3) is 1.98. The van der Waals surface area contributed by atoms with E-state index in [1.807, 2.05) is 12.3 Å².